The third-order valence-electron chi connectivity index (χ3n) is 17.2. The van der Waals surface area contributed by atoms with Crippen LogP contribution in [-0.2, 0) is 14.3 Å². The van der Waals surface area contributed by atoms with Crippen LogP contribution in [0.15, 0.2) is 0 Å². The number of carbonyl (C=O) groups is 1. The van der Waals surface area contributed by atoms with Gasteiger partial charge in [0.05, 0.1) is 25.4 Å². The van der Waals surface area contributed by atoms with Gasteiger partial charge in [-0.1, -0.05) is 341 Å². The van der Waals surface area contributed by atoms with E-state index in [0.29, 0.717) is 19.3 Å². The monoisotopic (exact) mass is 1110 g/mol. The lowest BCUT2D eigenvalue weighted by molar-refractivity contribution is -0.303. The van der Waals surface area contributed by atoms with E-state index in [1.54, 1.807) is 0 Å². The topological polar surface area (TPSA) is 189 Å². The molecule has 11 nitrogen and oxygen atoms in total. The zero-order chi connectivity index (χ0) is 56.8. The molecule has 1 aliphatic rings. The van der Waals surface area contributed by atoms with Crippen LogP contribution in [0.2, 0.25) is 0 Å². The zero-order valence-corrected chi connectivity index (χ0v) is 51.4. The predicted molar refractivity (Wildman–Crippen MR) is 326 cm³/mol. The van der Waals surface area contributed by atoms with Gasteiger partial charge in [-0.25, -0.2) is 0 Å². The van der Waals surface area contributed by atoms with Crippen molar-refractivity contribution < 1.29 is 50.0 Å². The van der Waals surface area contributed by atoms with Crippen LogP contribution in [0.4, 0.5) is 0 Å². The fourth-order valence-corrected chi connectivity index (χ4v) is 11.6. The standard InChI is InChI=1S/C67H133NO10/c1-3-5-7-9-11-13-15-17-19-21-23-24-25-26-27-28-29-30-31-32-33-34-35-37-39-41-43-45-47-49-51-53-55-60(71)66(76)68-58(57-77-67-65(75)64(74)63(73)61(56-69)78-67)62(72)59(70)54-52-50-48-46-44-42-40-38-36-22-20-18-16-14-12-10-8-6-4-2/h58-65,67,69-75H,3-57H2,1-2H3,(H,68,76). The number of nitrogens with one attached hydrogen (secondary N) is 1. The number of carbonyl (C=O) groups excluding carboxylic acids is 1. The van der Waals surface area contributed by atoms with Crippen LogP contribution < -0.4 is 5.32 Å². The fourth-order valence-electron chi connectivity index (χ4n) is 11.6. The molecule has 0 aromatic carbocycles. The molecule has 0 spiro atoms. The van der Waals surface area contributed by atoms with E-state index in [4.69, 9.17) is 9.47 Å². The van der Waals surface area contributed by atoms with Crippen LogP contribution in [0, 0.1) is 0 Å². The number of ether oxygens (including phenoxy) is 2. The van der Waals surface area contributed by atoms with Crippen LogP contribution >= 0.6 is 0 Å². The van der Waals surface area contributed by atoms with Gasteiger partial charge < -0.3 is 50.5 Å². The molecule has 1 heterocycles. The van der Waals surface area contributed by atoms with Gasteiger partial charge in [-0.2, -0.15) is 0 Å². The van der Waals surface area contributed by atoms with Gasteiger partial charge in [0.25, 0.3) is 0 Å². The van der Waals surface area contributed by atoms with Crippen LogP contribution in [0.25, 0.3) is 0 Å². The quantitative estimate of drug-likeness (QED) is 0.0272. The van der Waals surface area contributed by atoms with Gasteiger partial charge in [-0.3, -0.25) is 4.79 Å². The highest BCUT2D eigenvalue weighted by atomic mass is 16.7. The average Bonchev–Trinajstić information content (AvgIpc) is 3.45. The third kappa shape index (κ3) is 43.7. The molecule has 1 amide bonds. The Bertz CT molecular complexity index is 1230. The van der Waals surface area contributed by atoms with Crippen LogP contribution in [0.5, 0.6) is 0 Å². The number of aliphatic hydroxyl groups is 7. The minimum atomic E-state index is -1.66. The van der Waals surface area contributed by atoms with Gasteiger partial charge in [0.15, 0.2) is 6.29 Å². The van der Waals surface area contributed by atoms with Gasteiger partial charge in [0, 0.05) is 0 Å². The first-order chi connectivity index (χ1) is 38.2. The van der Waals surface area contributed by atoms with E-state index in [1.807, 2.05) is 0 Å². The molecule has 9 atom stereocenters. The molecule has 0 aromatic rings. The number of amides is 1. The Morgan fingerprint density at radius 2 is 0.667 bits per heavy atom. The van der Waals surface area contributed by atoms with Gasteiger partial charge >= 0.3 is 0 Å². The summed E-state index contributed by atoms with van der Waals surface area (Å²) < 4.78 is 11.2. The molecule has 0 radical (unpaired) electrons. The lowest BCUT2D eigenvalue weighted by Crippen LogP contribution is -2.60. The summed E-state index contributed by atoms with van der Waals surface area (Å²) in [5.74, 6) is -0.687. The van der Waals surface area contributed by atoms with Gasteiger partial charge in [0.1, 0.15) is 36.6 Å². The van der Waals surface area contributed by atoms with E-state index >= 15 is 0 Å². The fraction of sp³-hybridized carbons (Fsp3) is 0.985. The predicted octanol–water partition coefficient (Wildman–Crippen LogP) is 16.1. The number of rotatable bonds is 61. The molecule has 9 unspecified atom stereocenters. The summed E-state index contributed by atoms with van der Waals surface area (Å²) in [7, 11) is 0. The molecule has 1 aliphatic heterocycles. The Kier molecular flexibility index (Phi) is 54.5. The highest BCUT2D eigenvalue weighted by molar-refractivity contribution is 5.80. The highest BCUT2D eigenvalue weighted by Gasteiger charge is 2.44. The maximum Gasteiger partial charge on any atom is 0.249 e. The van der Waals surface area contributed by atoms with Crippen molar-refractivity contribution in [2.24, 2.45) is 0 Å². The molecule has 11 heteroatoms. The first-order valence-electron chi connectivity index (χ1n) is 34.4. The third-order valence-corrected chi connectivity index (χ3v) is 17.2. The van der Waals surface area contributed by atoms with E-state index in [-0.39, 0.29) is 6.42 Å². The molecule has 466 valence electrons. The summed E-state index contributed by atoms with van der Waals surface area (Å²) in [6.07, 6.45) is 56.1. The van der Waals surface area contributed by atoms with Gasteiger partial charge in [-0.15, -0.1) is 0 Å². The molecule has 8 N–H and O–H groups in total. The Balaban J connectivity index is 2.16. The normalized spacial score (nSPS) is 19.3. The maximum atomic E-state index is 13.2. The molecular weight excluding hydrogens is 979 g/mol. The zero-order valence-electron chi connectivity index (χ0n) is 51.4. The molecule has 1 fully saturated rings. The van der Waals surface area contributed by atoms with E-state index < -0.39 is 74.2 Å². The second-order valence-corrected chi connectivity index (χ2v) is 24.6. The molecule has 1 rings (SSSR count). The van der Waals surface area contributed by atoms with Crippen molar-refractivity contribution >= 4 is 5.91 Å². The molecule has 0 aliphatic carbocycles. The Morgan fingerprint density at radius 1 is 0.397 bits per heavy atom. The number of aliphatic hydroxyl groups excluding tert-OH is 7. The number of hydrogen-bond donors (Lipinski definition) is 8. The van der Waals surface area contributed by atoms with E-state index in [9.17, 15) is 40.5 Å². The SMILES string of the molecule is CCCCCCCCCCCCCCCCCCCCCCCCCCCCCCCCCCC(O)C(=O)NC(COC1OC(CO)C(O)C(O)C1O)C(O)C(O)CCCCCCCCCCCCCCCCCCCCC. The summed E-state index contributed by atoms with van der Waals surface area (Å²) in [4.78, 5) is 13.2. The summed E-state index contributed by atoms with van der Waals surface area (Å²) >= 11 is 0. The molecule has 0 saturated carbocycles. The maximum absolute atomic E-state index is 13.2. The number of unbranched alkanes of at least 4 members (excludes halogenated alkanes) is 49. The smallest absolute Gasteiger partial charge is 0.249 e. The van der Waals surface area contributed by atoms with E-state index in [2.05, 4.69) is 19.2 Å². The van der Waals surface area contributed by atoms with Crippen LogP contribution in [0.3, 0.4) is 0 Å². The first kappa shape index (κ1) is 75.1. The van der Waals surface area contributed by atoms with Crippen molar-refractivity contribution in [1.29, 1.82) is 0 Å². The Hall–Kier alpha value is -0.890. The highest BCUT2D eigenvalue weighted by Crippen LogP contribution is 2.24. The average molecular weight is 1110 g/mol. The lowest BCUT2D eigenvalue weighted by Gasteiger charge is -2.40. The van der Waals surface area contributed by atoms with Gasteiger partial charge in [-0.05, 0) is 12.8 Å². The van der Waals surface area contributed by atoms with Crippen LogP contribution in [-0.4, -0.2) is 110 Å². The van der Waals surface area contributed by atoms with Crippen molar-refractivity contribution in [3.63, 3.8) is 0 Å². The second-order valence-electron chi connectivity index (χ2n) is 24.6. The minimum Gasteiger partial charge on any atom is -0.394 e. The molecule has 1 saturated heterocycles. The summed E-state index contributed by atoms with van der Waals surface area (Å²) in [6.45, 7) is 3.52. The van der Waals surface area contributed by atoms with E-state index in [1.165, 1.54) is 276 Å². The van der Waals surface area contributed by atoms with Gasteiger partial charge in [0.2, 0.25) is 5.91 Å². The van der Waals surface area contributed by atoms with Crippen molar-refractivity contribution in [3.05, 3.63) is 0 Å². The largest absolute Gasteiger partial charge is 0.394 e. The minimum absolute atomic E-state index is 0.268. The number of hydrogen-bond acceptors (Lipinski definition) is 10. The van der Waals surface area contributed by atoms with Crippen LogP contribution in [0.1, 0.15) is 354 Å². The summed E-state index contributed by atoms with van der Waals surface area (Å²) in [5, 5.41) is 76.4. The van der Waals surface area contributed by atoms with E-state index in [0.717, 1.165) is 38.5 Å². The molecule has 0 bridgehead atoms. The Morgan fingerprint density at radius 3 is 0.949 bits per heavy atom. The summed E-state index contributed by atoms with van der Waals surface area (Å²) in [5.41, 5.74) is 0. The van der Waals surface area contributed by atoms with Crippen molar-refractivity contribution in [2.75, 3.05) is 13.2 Å². The molecule has 78 heavy (non-hydrogen) atoms. The molecule has 0 aromatic heterocycles. The second kappa shape index (κ2) is 56.6. The Labute approximate surface area is 481 Å². The lowest BCUT2D eigenvalue weighted by atomic mass is 9.98. The molecular formula is C67H133NO10. The van der Waals surface area contributed by atoms with Crippen molar-refractivity contribution in [2.45, 2.75) is 409 Å². The van der Waals surface area contributed by atoms with Crippen molar-refractivity contribution in [3.8, 4) is 0 Å². The van der Waals surface area contributed by atoms with Crippen molar-refractivity contribution in [1.82, 2.24) is 5.32 Å². The first-order valence-corrected chi connectivity index (χ1v) is 34.4. The summed E-state index contributed by atoms with van der Waals surface area (Å²) in [6, 6.07) is -1.16.